The van der Waals surface area contributed by atoms with Gasteiger partial charge < -0.3 is 14.2 Å². The van der Waals surface area contributed by atoms with Crippen LogP contribution in [0.1, 0.15) is 25.0 Å². The third-order valence-electron chi connectivity index (χ3n) is 4.10. The molecule has 8 heteroatoms. The van der Waals surface area contributed by atoms with E-state index >= 15 is 0 Å². The van der Waals surface area contributed by atoms with Crippen LogP contribution < -0.4 is 14.8 Å². The first-order chi connectivity index (χ1) is 12.9. The predicted octanol–water partition coefficient (Wildman–Crippen LogP) is 4.61. The van der Waals surface area contributed by atoms with Gasteiger partial charge in [-0.3, -0.25) is 5.32 Å². The number of hydrogen-bond donors (Lipinski definition) is 1. The van der Waals surface area contributed by atoms with Crippen molar-refractivity contribution in [2.24, 2.45) is 0 Å². The van der Waals surface area contributed by atoms with Gasteiger partial charge >= 0.3 is 5.97 Å². The summed E-state index contributed by atoms with van der Waals surface area (Å²) in [6, 6.07) is 5.38. The minimum atomic E-state index is -0.598. The minimum Gasteiger partial charge on any atom is -0.493 e. The van der Waals surface area contributed by atoms with Gasteiger partial charge in [0.25, 0.3) is 0 Å². The first-order valence-corrected chi connectivity index (χ1v) is 10.1. The zero-order valence-corrected chi connectivity index (χ0v) is 17.8. The Hall–Kier alpha value is -1.34. The van der Waals surface area contributed by atoms with Crippen molar-refractivity contribution in [3.05, 3.63) is 46.0 Å². The van der Waals surface area contributed by atoms with Gasteiger partial charge in [-0.2, -0.15) is 0 Å². The molecule has 2 atom stereocenters. The molecule has 1 aromatic rings. The number of thioether (sulfide) groups is 1. The van der Waals surface area contributed by atoms with E-state index < -0.39 is 6.10 Å². The number of benzene rings is 1. The molecule has 27 heavy (non-hydrogen) atoms. The molecule has 2 rings (SSSR count). The van der Waals surface area contributed by atoms with Crippen LogP contribution in [-0.4, -0.2) is 37.9 Å². The second kappa shape index (κ2) is 10.3. The van der Waals surface area contributed by atoms with Crippen LogP contribution in [0.25, 0.3) is 0 Å². The number of rotatable bonds is 8. The molecule has 0 spiro atoms. The lowest BCUT2D eigenvalue weighted by Crippen LogP contribution is -2.31. The topological polar surface area (TPSA) is 56.8 Å². The molecule has 1 N–H and O–H groups in total. The third-order valence-corrected chi connectivity index (χ3v) is 5.69. The van der Waals surface area contributed by atoms with Crippen LogP contribution in [0.15, 0.2) is 40.4 Å². The van der Waals surface area contributed by atoms with E-state index in [2.05, 4.69) is 11.9 Å². The maximum atomic E-state index is 12.6. The fourth-order valence-corrected chi connectivity index (χ4v) is 4.04. The first-order valence-electron chi connectivity index (χ1n) is 8.34. The van der Waals surface area contributed by atoms with E-state index in [1.807, 2.05) is 6.07 Å². The normalized spacial score (nSPS) is 18.5. The number of halogens is 2. The molecule has 0 bridgehead atoms. The lowest BCUT2D eigenvalue weighted by Gasteiger charge is -2.23. The summed E-state index contributed by atoms with van der Waals surface area (Å²) < 4.78 is 16.5. The molecule has 1 heterocycles. The van der Waals surface area contributed by atoms with Gasteiger partial charge in [-0.05, 0) is 30.2 Å². The highest BCUT2D eigenvalue weighted by Gasteiger charge is 2.29. The summed E-state index contributed by atoms with van der Waals surface area (Å²) in [5.41, 5.74) is 1.38. The Balaban J connectivity index is 2.34. The van der Waals surface area contributed by atoms with Crippen LogP contribution in [0.2, 0.25) is 0 Å². The average molecular weight is 432 g/mol. The van der Waals surface area contributed by atoms with E-state index in [-0.39, 0.29) is 11.3 Å². The van der Waals surface area contributed by atoms with Gasteiger partial charge in [-0.1, -0.05) is 35.8 Å². The van der Waals surface area contributed by atoms with Crippen molar-refractivity contribution in [3.8, 4) is 11.5 Å². The zero-order chi connectivity index (χ0) is 20.0. The van der Waals surface area contributed by atoms with Gasteiger partial charge in [0.05, 0.1) is 14.2 Å². The number of nitrogens with one attached hydrogen (secondary N) is 1. The number of methoxy groups -OCH3 is 2. The summed E-state index contributed by atoms with van der Waals surface area (Å²) in [5, 5.41) is 3.56. The van der Waals surface area contributed by atoms with Crippen molar-refractivity contribution >= 4 is 40.9 Å². The highest BCUT2D eigenvalue weighted by atomic mass is 35.5. The molecule has 0 aromatic heterocycles. The Morgan fingerprint density at radius 3 is 2.56 bits per heavy atom. The highest BCUT2D eigenvalue weighted by Crippen LogP contribution is 2.37. The van der Waals surface area contributed by atoms with Crippen LogP contribution in [0.3, 0.4) is 0 Å². The summed E-state index contributed by atoms with van der Waals surface area (Å²) in [6.45, 7) is 6.26. The quantitative estimate of drug-likeness (QED) is 0.479. The summed E-state index contributed by atoms with van der Waals surface area (Å²) >= 11 is 13.8. The first kappa shape index (κ1) is 22.0. The van der Waals surface area contributed by atoms with Gasteiger partial charge in [0.1, 0.15) is 6.10 Å². The standard InChI is InChI=1S/C19H23Cl2NO4S/c1-11(20)14(12(2)21)10-16(26-19(23)18-22-7-8-27-18)13-5-6-15(24-3)17(9-13)25-4/h5-6,9,16,18,22H,1,7-8,10H2,2-4H3/b14-12+/t16-,18-/m0/s1. The van der Waals surface area contributed by atoms with Crippen molar-refractivity contribution in [2.75, 3.05) is 26.5 Å². The van der Waals surface area contributed by atoms with Crippen LogP contribution in [-0.2, 0) is 9.53 Å². The van der Waals surface area contributed by atoms with Gasteiger partial charge in [-0.25, -0.2) is 4.79 Å². The van der Waals surface area contributed by atoms with E-state index in [1.165, 1.54) is 11.8 Å². The Morgan fingerprint density at radius 2 is 2.04 bits per heavy atom. The molecule has 0 amide bonds. The summed E-state index contributed by atoms with van der Waals surface area (Å²) in [6.07, 6.45) is -0.296. The minimum absolute atomic E-state index is 0.302. The molecule has 0 saturated carbocycles. The van der Waals surface area contributed by atoms with Crippen LogP contribution in [0.4, 0.5) is 0 Å². The van der Waals surface area contributed by atoms with E-state index in [1.54, 1.807) is 33.3 Å². The molecular formula is C19H23Cl2NO4S. The number of ether oxygens (including phenoxy) is 3. The van der Waals surface area contributed by atoms with Crippen molar-refractivity contribution in [2.45, 2.75) is 24.8 Å². The number of allylic oxidation sites excluding steroid dienone is 2. The van der Waals surface area contributed by atoms with E-state index in [0.717, 1.165) is 17.9 Å². The predicted molar refractivity (Wildman–Crippen MR) is 111 cm³/mol. The molecule has 1 saturated heterocycles. The molecule has 148 valence electrons. The molecule has 1 fully saturated rings. The van der Waals surface area contributed by atoms with Crippen molar-refractivity contribution in [1.82, 2.24) is 5.32 Å². The van der Waals surface area contributed by atoms with E-state index in [0.29, 0.717) is 33.6 Å². The molecule has 5 nitrogen and oxygen atoms in total. The molecule has 0 aliphatic carbocycles. The van der Waals surface area contributed by atoms with Gasteiger partial charge in [0.15, 0.2) is 16.9 Å². The van der Waals surface area contributed by atoms with Gasteiger partial charge in [-0.15, -0.1) is 11.8 Å². The Morgan fingerprint density at radius 1 is 1.33 bits per heavy atom. The van der Waals surface area contributed by atoms with Gasteiger partial charge in [0.2, 0.25) is 0 Å². The summed E-state index contributed by atoms with van der Waals surface area (Å²) in [5.74, 6) is 1.67. The highest BCUT2D eigenvalue weighted by molar-refractivity contribution is 8.00. The Labute approximate surface area is 174 Å². The average Bonchev–Trinajstić information content (AvgIpc) is 3.18. The van der Waals surface area contributed by atoms with Gasteiger partial charge in [0, 0.05) is 28.8 Å². The van der Waals surface area contributed by atoms with Crippen LogP contribution in [0.5, 0.6) is 11.5 Å². The third kappa shape index (κ3) is 5.82. The second-order valence-electron chi connectivity index (χ2n) is 5.87. The second-order valence-corrected chi connectivity index (χ2v) is 8.10. The summed E-state index contributed by atoms with van der Waals surface area (Å²) in [4.78, 5) is 12.6. The number of carbonyl (C=O) groups is 1. The van der Waals surface area contributed by atoms with Crippen molar-refractivity contribution in [3.63, 3.8) is 0 Å². The molecule has 1 aliphatic heterocycles. The lowest BCUT2D eigenvalue weighted by molar-refractivity contribution is -0.149. The molecule has 0 radical (unpaired) electrons. The molecule has 1 aromatic carbocycles. The van der Waals surface area contributed by atoms with Crippen molar-refractivity contribution in [1.29, 1.82) is 0 Å². The van der Waals surface area contributed by atoms with E-state index in [9.17, 15) is 4.79 Å². The maximum absolute atomic E-state index is 12.6. The zero-order valence-electron chi connectivity index (χ0n) is 15.5. The van der Waals surface area contributed by atoms with Crippen LogP contribution in [0, 0.1) is 0 Å². The number of hydrogen-bond acceptors (Lipinski definition) is 6. The van der Waals surface area contributed by atoms with E-state index in [4.69, 9.17) is 37.4 Å². The molecular weight excluding hydrogens is 409 g/mol. The van der Waals surface area contributed by atoms with Crippen LogP contribution >= 0.6 is 35.0 Å². The fourth-order valence-electron chi connectivity index (χ4n) is 2.68. The molecule has 1 aliphatic rings. The Kier molecular flexibility index (Phi) is 8.35. The fraction of sp³-hybridized carbons (Fsp3) is 0.421. The number of carbonyl (C=O) groups excluding carboxylic acids is 1. The Bertz CT molecular complexity index is 728. The summed E-state index contributed by atoms with van der Waals surface area (Å²) in [7, 11) is 3.11. The largest absolute Gasteiger partial charge is 0.493 e. The SMILES string of the molecule is C=C(Cl)/C(C[C@H](OC(=O)[C@H]1NCCS1)c1ccc(OC)c(OC)c1)=C(\C)Cl. The number of esters is 1. The smallest absolute Gasteiger partial charge is 0.334 e. The van der Waals surface area contributed by atoms with Crippen molar-refractivity contribution < 1.29 is 19.0 Å². The maximum Gasteiger partial charge on any atom is 0.334 e. The monoisotopic (exact) mass is 431 g/mol. The molecule has 0 unspecified atom stereocenters. The lowest BCUT2D eigenvalue weighted by atomic mass is 10.00.